The summed E-state index contributed by atoms with van der Waals surface area (Å²) in [5.41, 5.74) is 2.71. The van der Waals surface area contributed by atoms with E-state index < -0.39 is 12.1 Å². The van der Waals surface area contributed by atoms with Gasteiger partial charge in [0.1, 0.15) is 23.3 Å². The van der Waals surface area contributed by atoms with E-state index in [1.807, 2.05) is 12.1 Å². The Balaban J connectivity index is 1.48. The summed E-state index contributed by atoms with van der Waals surface area (Å²) in [6, 6.07) is 9.58. The van der Waals surface area contributed by atoms with Gasteiger partial charge < -0.3 is 5.32 Å². The molecule has 0 radical (unpaired) electrons. The van der Waals surface area contributed by atoms with E-state index in [0.717, 1.165) is 19.5 Å². The molecule has 2 aromatic rings. The average molecular weight is 349 g/mol. The fourth-order valence-corrected chi connectivity index (χ4v) is 2.95. The maximum atomic E-state index is 14.2. The van der Waals surface area contributed by atoms with Crippen molar-refractivity contribution in [2.45, 2.75) is 19.1 Å². The predicted octanol–water partition coefficient (Wildman–Crippen LogP) is 2.26. The van der Waals surface area contributed by atoms with Gasteiger partial charge in [-0.2, -0.15) is 0 Å². The third-order valence-electron chi connectivity index (χ3n) is 4.02. The molecule has 1 aromatic heterocycles. The Kier molecular flexibility index (Phi) is 5.37. The Hall–Kier alpha value is -2.05. The number of alkyl halides is 1. The summed E-state index contributed by atoms with van der Waals surface area (Å²) < 4.78 is 14.2. The molecule has 1 aliphatic heterocycles. The number of benzene rings is 1. The Morgan fingerprint density at radius 3 is 2.92 bits per heavy atom. The second-order valence-electron chi connectivity index (χ2n) is 5.79. The van der Waals surface area contributed by atoms with E-state index in [1.54, 1.807) is 0 Å². The third kappa shape index (κ3) is 4.27. The number of carbonyl (C=O) groups excluding carboxylic acids is 1. The minimum atomic E-state index is -1.14. The normalized spacial score (nSPS) is 15.6. The number of hydrogen-bond acceptors (Lipinski definition) is 4. The number of nitrogens with one attached hydrogen (secondary N) is 1. The molecule has 0 saturated heterocycles. The SMILES string of the molecule is O=C(NCC(F)CN1CCc2ccccc2C1)c1cc(Cl)ncn1. The van der Waals surface area contributed by atoms with Gasteiger partial charge in [-0.25, -0.2) is 14.4 Å². The molecule has 2 heterocycles. The summed E-state index contributed by atoms with van der Waals surface area (Å²) in [6.45, 7) is 1.80. The van der Waals surface area contributed by atoms with E-state index in [0.29, 0.717) is 6.54 Å². The largest absolute Gasteiger partial charge is 0.348 e. The van der Waals surface area contributed by atoms with Gasteiger partial charge in [-0.15, -0.1) is 0 Å². The topological polar surface area (TPSA) is 58.1 Å². The first-order valence-electron chi connectivity index (χ1n) is 7.81. The second-order valence-corrected chi connectivity index (χ2v) is 6.17. The number of hydrogen-bond donors (Lipinski definition) is 1. The van der Waals surface area contributed by atoms with Crippen molar-refractivity contribution in [2.75, 3.05) is 19.6 Å². The van der Waals surface area contributed by atoms with E-state index in [2.05, 4.69) is 32.3 Å². The van der Waals surface area contributed by atoms with E-state index >= 15 is 0 Å². The molecule has 24 heavy (non-hydrogen) atoms. The van der Waals surface area contributed by atoms with Crippen molar-refractivity contribution in [3.8, 4) is 0 Å². The third-order valence-corrected chi connectivity index (χ3v) is 4.22. The highest BCUT2D eigenvalue weighted by atomic mass is 35.5. The first-order valence-corrected chi connectivity index (χ1v) is 8.18. The van der Waals surface area contributed by atoms with E-state index in [4.69, 9.17) is 11.6 Å². The van der Waals surface area contributed by atoms with Gasteiger partial charge in [-0.3, -0.25) is 9.69 Å². The van der Waals surface area contributed by atoms with Crippen LogP contribution >= 0.6 is 11.6 Å². The summed E-state index contributed by atoms with van der Waals surface area (Å²) in [7, 11) is 0. The lowest BCUT2D eigenvalue weighted by Crippen LogP contribution is -2.40. The zero-order chi connectivity index (χ0) is 16.9. The molecule has 0 spiro atoms. The van der Waals surface area contributed by atoms with Crippen LogP contribution in [0.5, 0.6) is 0 Å². The summed E-state index contributed by atoms with van der Waals surface area (Å²) in [5, 5.41) is 2.72. The van der Waals surface area contributed by atoms with Crippen LogP contribution in [0, 0.1) is 0 Å². The number of fused-ring (bicyclic) bond motifs is 1. The van der Waals surface area contributed by atoms with Crippen molar-refractivity contribution in [3.05, 3.63) is 58.6 Å². The number of amides is 1. The number of nitrogens with zero attached hydrogens (tertiary/aromatic N) is 3. The first-order chi connectivity index (χ1) is 11.6. The number of carbonyl (C=O) groups is 1. The molecule has 1 aliphatic rings. The van der Waals surface area contributed by atoms with Crippen molar-refractivity contribution in [1.29, 1.82) is 0 Å². The highest BCUT2D eigenvalue weighted by Gasteiger charge is 2.20. The van der Waals surface area contributed by atoms with Crippen molar-refractivity contribution in [1.82, 2.24) is 20.2 Å². The Morgan fingerprint density at radius 1 is 1.33 bits per heavy atom. The fourth-order valence-electron chi connectivity index (χ4n) is 2.81. The van der Waals surface area contributed by atoms with Crippen LogP contribution in [0.1, 0.15) is 21.6 Å². The van der Waals surface area contributed by atoms with Gasteiger partial charge in [0.2, 0.25) is 0 Å². The minimum Gasteiger partial charge on any atom is -0.348 e. The lowest BCUT2D eigenvalue weighted by molar-refractivity contribution is 0.0925. The predicted molar refractivity (Wildman–Crippen MR) is 89.7 cm³/mol. The van der Waals surface area contributed by atoms with E-state index in [9.17, 15) is 9.18 Å². The molecule has 1 atom stereocenters. The fraction of sp³-hybridized carbons (Fsp3) is 0.353. The molecule has 0 fully saturated rings. The monoisotopic (exact) mass is 348 g/mol. The average Bonchev–Trinajstić information content (AvgIpc) is 2.59. The number of rotatable bonds is 5. The molecule has 5 nitrogen and oxygen atoms in total. The maximum absolute atomic E-state index is 14.2. The molecule has 0 aliphatic carbocycles. The molecule has 1 amide bonds. The minimum absolute atomic E-state index is 0.0569. The molecular weight excluding hydrogens is 331 g/mol. The smallest absolute Gasteiger partial charge is 0.270 e. The summed E-state index contributed by atoms with van der Waals surface area (Å²) >= 11 is 5.71. The Bertz CT molecular complexity index is 727. The molecule has 0 bridgehead atoms. The molecular formula is C17H18ClFN4O. The van der Waals surface area contributed by atoms with Crippen LogP contribution in [-0.2, 0) is 13.0 Å². The van der Waals surface area contributed by atoms with Crippen molar-refractivity contribution >= 4 is 17.5 Å². The Labute approximate surface area is 144 Å². The molecule has 0 saturated carbocycles. The van der Waals surface area contributed by atoms with Crippen LogP contribution in [0.2, 0.25) is 5.15 Å². The van der Waals surface area contributed by atoms with Crippen LogP contribution in [0.4, 0.5) is 4.39 Å². The van der Waals surface area contributed by atoms with Crippen LogP contribution in [0.3, 0.4) is 0 Å². The van der Waals surface area contributed by atoms with Crippen molar-refractivity contribution < 1.29 is 9.18 Å². The van der Waals surface area contributed by atoms with Gasteiger partial charge >= 0.3 is 0 Å². The van der Waals surface area contributed by atoms with Crippen LogP contribution in [0.25, 0.3) is 0 Å². The highest BCUT2D eigenvalue weighted by Crippen LogP contribution is 2.18. The van der Waals surface area contributed by atoms with Gasteiger partial charge in [0.15, 0.2) is 0 Å². The van der Waals surface area contributed by atoms with Crippen LogP contribution in [0.15, 0.2) is 36.7 Å². The first kappa shape index (κ1) is 16.8. The lowest BCUT2D eigenvalue weighted by Gasteiger charge is -2.29. The highest BCUT2D eigenvalue weighted by molar-refractivity contribution is 6.29. The van der Waals surface area contributed by atoms with Gasteiger partial charge in [-0.1, -0.05) is 35.9 Å². The summed E-state index contributed by atoms with van der Waals surface area (Å²) in [5.74, 6) is -0.453. The second kappa shape index (κ2) is 7.68. The van der Waals surface area contributed by atoms with Crippen molar-refractivity contribution in [3.63, 3.8) is 0 Å². The number of halogens is 2. The van der Waals surface area contributed by atoms with Crippen LogP contribution in [-0.4, -0.2) is 46.6 Å². The Morgan fingerprint density at radius 2 is 2.12 bits per heavy atom. The van der Waals surface area contributed by atoms with Gasteiger partial charge in [-0.05, 0) is 17.5 Å². The molecule has 1 N–H and O–H groups in total. The molecule has 1 unspecified atom stereocenters. The van der Waals surface area contributed by atoms with Gasteiger partial charge in [0.25, 0.3) is 5.91 Å². The van der Waals surface area contributed by atoms with Crippen LogP contribution < -0.4 is 5.32 Å². The maximum Gasteiger partial charge on any atom is 0.270 e. The van der Waals surface area contributed by atoms with E-state index in [-0.39, 0.29) is 17.4 Å². The zero-order valence-corrected chi connectivity index (χ0v) is 13.8. The van der Waals surface area contributed by atoms with Gasteiger partial charge in [0.05, 0.1) is 6.54 Å². The molecule has 3 rings (SSSR count). The number of aromatic nitrogens is 2. The quantitative estimate of drug-likeness (QED) is 0.842. The molecule has 126 valence electrons. The molecule has 1 aromatic carbocycles. The summed E-state index contributed by atoms with van der Waals surface area (Å²) in [4.78, 5) is 21.5. The molecule has 7 heteroatoms. The van der Waals surface area contributed by atoms with Gasteiger partial charge in [0, 0.05) is 25.7 Å². The standard InChI is InChI=1S/C17H18ClFN4O/c18-16-7-15(21-11-22-16)17(24)20-8-14(19)10-23-6-5-12-3-1-2-4-13(12)9-23/h1-4,7,11,14H,5-6,8-10H2,(H,20,24). The lowest BCUT2D eigenvalue weighted by atomic mass is 10.00. The van der Waals surface area contributed by atoms with E-state index in [1.165, 1.54) is 23.5 Å². The van der Waals surface area contributed by atoms with Crippen molar-refractivity contribution in [2.24, 2.45) is 0 Å². The summed E-state index contributed by atoms with van der Waals surface area (Å²) in [6.07, 6.45) is 0.987. The zero-order valence-electron chi connectivity index (χ0n) is 13.1.